The average molecular weight is 382 g/mol. The molecule has 28 heavy (non-hydrogen) atoms. The van der Waals surface area contributed by atoms with Gasteiger partial charge in [0.15, 0.2) is 0 Å². The van der Waals surface area contributed by atoms with Gasteiger partial charge in [-0.25, -0.2) is 0 Å². The van der Waals surface area contributed by atoms with Crippen LogP contribution in [-0.2, 0) is 6.54 Å². The minimum atomic E-state index is -0.541. The van der Waals surface area contributed by atoms with Gasteiger partial charge in [-0.1, -0.05) is 30.3 Å². The smallest absolute Gasteiger partial charge is 0.260 e. The second-order valence-electron chi connectivity index (χ2n) is 6.91. The molecule has 7 heteroatoms. The van der Waals surface area contributed by atoms with Crippen molar-refractivity contribution in [1.82, 2.24) is 14.7 Å². The van der Waals surface area contributed by atoms with Gasteiger partial charge in [-0.2, -0.15) is 5.10 Å². The van der Waals surface area contributed by atoms with Crippen LogP contribution < -0.4 is 10.1 Å². The predicted molar refractivity (Wildman–Crippen MR) is 110 cm³/mol. The lowest BCUT2D eigenvalue weighted by atomic mass is 10.0. The van der Waals surface area contributed by atoms with Crippen LogP contribution in [0.3, 0.4) is 0 Å². The van der Waals surface area contributed by atoms with Gasteiger partial charge >= 0.3 is 0 Å². The Morgan fingerprint density at radius 3 is 2.82 bits per heavy atom. The number of carbonyl (C=O) groups is 1. The molecule has 1 aromatic heterocycles. The van der Waals surface area contributed by atoms with Crippen molar-refractivity contribution in [2.24, 2.45) is 0 Å². The molecule has 0 saturated heterocycles. The molecule has 0 saturated carbocycles. The molecule has 1 atom stereocenters. The summed E-state index contributed by atoms with van der Waals surface area (Å²) in [7, 11) is 3.80. The van der Waals surface area contributed by atoms with E-state index < -0.39 is 6.10 Å². The van der Waals surface area contributed by atoms with Gasteiger partial charge in [-0.3, -0.25) is 9.48 Å². The highest BCUT2D eigenvalue weighted by atomic mass is 16.5. The van der Waals surface area contributed by atoms with Crippen molar-refractivity contribution in [1.29, 1.82) is 0 Å². The number of amides is 1. The Labute approximate surface area is 164 Å². The topological polar surface area (TPSA) is 79.6 Å². The molecule has 7 nitrogen and oxygen atoms in total. The Balaban J connectivity index is 1.81. The average Bonchev–Trinajstić information content (AvgIpc) is 3.07. The number of carbonyl (C=O) groups excluding carboxylic acids is 1. The van der Waals surface area contributed by atoms with E-state index in [0.29, 0.717) is 36.7 Å². The molecule has 0 aliphatic rings. The van der Waals surface area contributed by atoms with Crippen molar-refractivity contribution in [2.45, 2.75) is 19.6 Å². The number of aliphatic hydroxyl groups is 1. The SMILES string of the molecule is CCOc1ccc2ccccc2c1C(=O)Nc1cnn(CC(O)CN(C)C)c1. The van der Waals surface area contributed by atoms with E-state index >= 15 is 0 Å². The Bertz CT molecular complexity index is 952. The van der Waals surface area contributed by atoms with Crippen LogP contribution in [-0.4, -0.2) is 59.0 Å². The van der Waals surface area contributed by atoms with E-state index in [1.165, 1.54) is 0 Å². The van der Waals surface area contributed by atoms with Gasteiger partial charge in [0.2, 0.25) is 0 Å². The number of fused-ring (bicyclic) bond motifs is 1. The third-order valence-corrected chi connectivity index (χ3v) is 4.28. The lowest BCUT2D eigenvalue weighted by Crippen LogP contribution is -2.29. The standard InChI is InChI=1S/C21H26N4O3/c1-4-28-19-10-9-15-7-5-6-8-18(15)20(19)21(27)23-16-11-22-25(12-16)14-17(26)13-24(2)3/h5-12,17,26H,4,13-14H2,1-3H3,(H,23,27). The number of rotatable bonds is 8. The molecule has 0 fully saturated rings. The summed E-state index contributed by atoms with van der Waals surface area (Å²) in [4.78, 5) is 14.9. The fraction of sp³-hybridized carbons (Fsp3) is 0.333. The van der Waals surface area contributed by atoms with Crippen molar-refractivity contribution in [3.8, 4) is 5.75 Å². The van der Waals surface area contributed by atoms with Crippen LogP contribution in [0.5, 0.6) is 5.75 Å². The highest BCUT2D eigenvalue weighted by Gasteiger charge is 2.18. The van der Waals surface area contributed by atoms with Crippen LogP contribution in [0.2, 0.25) is 0 Å². The van der Waals surface area contributed by atoms with Crippen molar-refractivity contribution < 1.29 is 14.6 Å². The lowest BCUT2D eigenvalue weighted by Gasteiger charge is -2.15. The molecule has 1 heterocycles. The van der Waals surface area contributed by atoms with E-state index in [9.17, 15) is 9.90 Å². The molecular formula is C21H26N4O3. The van der Waals surface area contributed by atoms with E-state index in [2.05, 4.69) is 10.4 Å². The quantitative estimate of drug-likeness (QED) is 0.626. The number of anilines is 1. The lowest BCUT2D eigenvalue weighted by molar-refractivity contribution is 0.102. The van der Waals surface area contributed by atoms with Gasteiger partial charge in [-0.05, 0) is 37.9 Å². The van der Waals surface area contributed by atoms with Gasteiger partial charge in [0.05, 0.1) is 36.7 Å². The molecule has 1 amide bonds. The van der Waals surface area contributed by atoms with Gasteiger partial charge in [0.25, 0.3) is 5.91 Å². The molecule has 3 rings (SSSR count). The van der Waals surface area contributed by atoms with Crippen LogP contribution in [0.1, 0.15) is 17.3 Å². The summed E-state index contributed by atoms with van der Waals surface area (Å²) < 4.78 is 7.30. The van der Waals surface area contributed by atoms with E-state index in [1.807, 2.05) is 62.3 Å². The number of ether oxygens (including phenoxy) is 1. The van der Waals surface area contributed by atoms with Crippen molar-refractivity contribution in [3.63, 3.8) is 0 Å². The van der Waals surface area contributed by atoms with Gasteiger partial charge in [0.1, 0.15) is 5.75 Å². The molecule has 1 unspecified atom stereocenters. The first-order valence-corrected chi connectivity index (χ1v) is 9.29. The molecule has 0 radical (unpaired) electrons. The first-order chi connectivity index (χ1) is 13.5. The Hall–Kier alpha value is -2.90. The van der Waals surface area contributed by atoms with E-state index in [4.69, 9.17) is 4.74 Å². The van der Waals surface area contributed by atoms with Crippen LogP contribution in [0, 0.1) is 0 Å². The summed E-state index contributed by atoms with van der Waals surface area (Å²) in [5.41, 5.74) is 1.07. The minimum absolute atomic E-state index is 0.256. The number of aromatic nitrogens is 2. The summed E-state index contributed by atoms with van der Waals surface area (Å²) in [6, 6.07) is 11.5. The number of nitrogens with zero attached hydrogens (tertiary/aromatic N) is 3. The zero-order chi connectivity index (χ0) is 20.1. The predicted octanol–water partition coefficient (Wildman–Crippen LogP) is 2.61. The maximum Gasteiger partial charge on any atom is 0.260 e. The van der Waals surface area contributed by atoms with Gasteiger partial charge < -0.3 is 20.1 Å². The Morgan fingerprint density at radius 1 is 1.29 bits per heavy atom. The highest BCUT2D eigenvalue weighted by Crippen LogP contribution is 2.29. The van der Waals surface area contributed by atoms with Crippen molar-refractivity contribution >= 4 is 22.4 Å². The van der Waals surface area contributed by atoms with Gasteiger partial charge in [0, 0.05) is 12.7 Å². The molecule has 3 aromatic rings. The van der Waals surface area contributed by atoms with Crippen molar-refractivity contribution in [2.75, 3.05) is 32.6 Å². The number of aliphatic hydroxyl groups excluding tert-OH is 1. The van der Waals surface area contributed by atoms with Crippen LogP contribution in [0.25, 0.3) is 10.8 Å². The highest BCUT2D eigenvalue weighted by molar-refractivity contribution is 6.14. The number of likely N-dealkylation sites (N-methyl/N-ethyl adjacent to an activating group) is 1. The summed E-state index contributed by atoms with van der Waals surface area (Å²) in [5.74, 6) is 0.293. The molecule has 2 N–H and O–H groups in total. The number of benzene rings is 2. The molecule has 0 bridgehead atoms. The third kappa shape index (κ3) is 4.68. The number of nitrogens with one attached hydrogen (secondary N) is 1. The first-order valence-electron chi connectivity index (χ1n) is 9.29. The molecule has 148 valence electrons. The largest absolute Gasteiger partial charge is 0.493 e. The second-order valence-corrected chi connectivity index (χ2v) is 6.91. The normalized spacial score (nSPS) is 12.3. The van der Waals surface area contributed by atoms with Crippen LogP contribution in [0.15, 0.2) is 48.8 Å². The molecule has 2 aromatic carbocycles. The van der Waals surface area contributed by atoms with E-state index in [0.717, 1.165) is 10.8 Å². The Kier molecular flexibility index (Phi) is 6.28. The monoisotopic (exact) mass is 382 g/mol. The van der Waals surface area contributed by atoms with E-state index in [-0.39, 0.29) is 5.91 Å². The maximum absolute atomic E-state index is 13.0. The fourth-order valence-electron chi connectivity index (χ4n) is 3.18. The fourth-order valence-corrected chi connectivity index (χ4v) is 3.18. The number of hydrogen-bond acceptors (Lipinski definition) is 5. The van der Waals surface area contributed by atoms with Crippen molar-refractivity contribution in [3.05, 3.63) is 54.4 Å². The summed E-state index contributed by atoms with van der Waals surface area (Å²) in [5, 5.41) is 19.0. The number of hydrogen-bond donors (Lipinski definition) is 2. The van der Waals surface area contributed by atoms with Crippen LogP contribution >= 0.6 is 0 Å². The second kappa shape index (κ2) is 8.86. The zero-order valence-corrected chi connectivity index (χ0v) is 16.4. The minimum Gasteiger partial charge on any atom is -0.493 e. The zero-order valence-electron chi connectivity index (χ0n) is 16.4. The summed E-state index contributed by atoms with van der Waals surface area (Å²) in [6.45, 7) is 3.25. The molecule has 0 aliphatic heterocycles. The molecule has 0 spiro atoms. The molecule has 0 aliphatic carbocycles. The molecular weight excluding hydrogens is 356 g/mol. The Morgan fingerprint density at radius 2 is 2.07 bits per heavy atom. The summed E-state index contributed by atoms with van der Waals surface area (Å²) in [6.07, 6.45) is 2.75. The van der Waals surface area contributed by atoms with Crippen LogP contribution in [0.4, 0.5) is 5.69 Å². The van der Waals surface area contributed by atoms with E-state index in [1.54, 1.807) is 17.1 Å². The summed E-state index contributed by atoms with van der Waals surface area (Å²) >= 11 is 0. The first kappa shape index (κ1) is 19.9. The van der Waals surface area contributed by atoms with Gasteiger partial charge in [-0.15, -0.1) is 0 Å². The maximum atomic E-state index is 13.0. The third-order valence-electron chi connectivity index (χ3n) is 4.28.